The van der Waals surface area contributed by atoms with Gasteiger partial charge in [0.1, 0.15) is 5.58 Å². The number of furan rings is 1. The molecule has 5 heteroatoms. The molecule has 0 radical (unpaired) electrons. The number of hydrogen-bond acceptors (Lipinski definition) is 5. The molecule has 2 aromatic heterocycles. The molecule has 0 bridgehead atoms. The highest BCUT2D eigenvalue weighted by Gasteiger charge is 2.26. The van der Waals surface area contributed by atoms with E-state index in [1.807, 2.05) is 17.4 Å². The fourth-order valence-corrected chi connectivity index (χ4v) is 10.4. The molecule has 0 unspecified atom stereocenters. The van der Waals surface area contributed by atoms with E-state index in [4.69, 9.17) is 4.42 Å². The molecule has 2 heterocycles. The molecule has 298 valence electrons. The van der Waals surface area contributed by atoms with Crippen molar-refractivity contribution in [1.29, 1.82) is 0 Å². The first kappa shape index (κ1) is 36.7. The van der Waals surface area contributed by atoms with Gasteiger partial charge in [-0.15, -0.1) is 11.3 Å². The molecule has 12 rings (SSSR count). The minimum absolute atomic E-state index is 0.834. The summed E-state index contributed by atoms with van der Waals surface area (Å²) < 4.78 is 9.36. The number of para-hydroxylation sites is 5. The molecule has 12 aromatic rings. The van der Waals surface area contributed by atoms with Gasteiger partial charge in [-0.25, -0.2) is 0 Å². The van der Waals surface area contributed by atoms with Crippen LogP contribution in [0, 0.1) is 0 Å². The topological polar surface area (TPSA) is 22.9 Å². The van der Waals surface area contributed by atoms with E-state index in [0.29, 0.717) is 0 Å². The summed E-state index contributed by atoms with van der Waals surface area (Å²) in [6.07, 6.45) is 0. The van der Waals surface area contributed by atoms with E-state index >= 15 is 0 Å². The third-order valence-corrected chi connectivity index (χ3v) is 13.2. The quantitative estimate of drug-likeness (QED) is 0.145. The number of nitrogens with zero attached hydrogens (tertiary/aromatic N) is 3. The Hall–Kier alpha value is -8.12. The van der Waals surface area contributed by atoms with Gasteiger partial charge >= 0.3 is 0 Å². The molecule has 63 heavy (non-hydrogen) atoms. The molecule has 10 aromatic carbocycles. The van der Waals surface area contributed by atoms with Crippen molar-refractivity contribution < 1.29 is 4.42 Å². The van der Waals surface area contributed by atoms with E-state index in [2.05, 4.69) is 245 Å². The summed E-state index contributed by atoms with van der Waals surface area (Å²) in [6.45, 7) is 0. The molecule has 0 spiro atoms. The number of rotatable bonds is 9. The number of hydrogen-bond donors (Lipinski definition) is 0. The summed E-state index contributed by atoms with van der Waals surface area (Å²) in [5, 5.41) is 6.98. The van der Waals surface area contributed by atoms with Gasteiger partial charge in [0.05, 0.1) is 38.8 Å². The van der Waals surface area contributed by atoms with Gasteiger partial charge in [-0.1, -0.05) is 152 Å². The Morgan fingerprint density at radius 1 is 0.302 bits per heavy atom. The standard InChI is InChI=1S/C58H39N3OS/c1-4-21-41(22-5-1)59(42-23-6-2-7-24-42)44-37-45(60(43-25-8-3-9-26-43)52-32-16-20-40-19-10-11-27-47(40)52)39-46(38-44)61(53-33-17-30-50-48-28-12-14-35-55(48)62-57(50)53)54-34-18-31-51-49-29-13-15-36-56(49)63-58(51)54/h1-39H. The summed E-state index contributed by atoms with van der Waals surface area (Å²) in [4.78, 5) is 7.19. The lowest BCUT2D eigenvalue weighted by Gasteiger charge is -2.33. The average molecular weight is 826 g/mol. The zero-order valence-electron chi connectivity index (χ0n) is 34.2. The fraction of sp³-hybridized carbons (Fsp3) is 0. The molecule has 0 atom stereocenters. The van der Waals surface area contributed by atoms with Gasteiger partial charge in [0.25, 0.3) is 0 Å². The van der Waals surface area contributed by atoms with Crippen molar-refractivity contribution in [3.8, 4) is 0 Å². The van der Waals surface area contributed by atoms with Crippen LogP contribution in [0.5, 0.6) is 0 Å². The van der Waals surface area contributed by atoms with Gasteiger partial charge in [-0.3, -0.25) is 0 Å². The highest BCUT2D eigenvalue weighted by molar-refractivity contribution is 7.26. The maximum atomic E-state index is 6.90. The molecule has 0 N–H and O–H groups in total. The minimum atomic E-state index is 0.834. The molecule has 0 fully saturated rings. The van der Waals surface area contributed by atoms with Gasteiger partial charge in [0.2, 0.25) is 0 Å². The summed E-state index contributed by atoms with van der Waals surface area (Å²) in [6, 6.07) is 84.6. The second-order valence-corrected chi connectivity index (χ2v) is 16.8. The number of anilines is 9. The van der Waals surface area contributed by atoms with Crippen LogP contribution in [-0.4, -0.2) is 0 Å². The normalized spacial score (nSPS) is 11.5. The fourth-order valence-electron chi connectivity index (χ4n) is 9.20. The van der Waals surface area contributed by atoms with Crippen molar-refractivity contribution in [2.45, 2.75) is 0 Å². The molecule has 0 saturated heterocycles. The van der Waals surface area contributed by atoms with E-state index in [9.17, 15) is 0 Å². The van der Waals surface area contributed by atoms with E-state index < -0.39 is 0 Å². The summed E-state index contributed by atoms with van der Waals surface area (Å²) in [5.41, 5.74) is 11.0. The molecule has 0 amide bonds. The smallest absolute Gasteiger partial charge is 0.159 e. The van der Waals surface area contributed by atoms with E-state index in [1.165, 1.54) is 25.6 Å². The van der Waals surface area contributed by atoms with Gasteiger partial charge < -0.3 is 19.1 Å². The van der Waals surface area contributed by atoms with Crippen molar-refractivity contribution in [3.05, 3.63) is 237 Å². The van der Waals surface area contributed by atoms with Crippen molar-refractivity contribution in [2.24, 2.45) is 0 Å². The van der Waals surface area contributed by atoms with Crippen molar-refractivity contribution >= 4 is 115 Å². The molecule has 0 saturated carbocycles. The predicted octanol–water partition coefficient (Wildman–Crippen LogP) is 17.5. The van der Waals surface area contributed by atoms with Gasteiger partial charge in [-0.2, -0.15) is 0 Å². The molecule has 4 nitrogen and oxygen atoms in total. The second-order valence-electron chi connectivity index (χ2n) is 15.7. The van der Waals surface area contributed by atoms with E-state index in [0.717, 1.165) is 78.5 Å². The SMILES string of the molecule is c1ccc(N(c2ccccc2)c2cc(N(c3ccccc3)c3cccc4ccccc34)cc(N(c3cccc4c3oc3ccccc34)c3cccc4c3sc3ccccc34)c2)cc1. The summed E-state index contributed by atoms with van der Waals surface area (Å²) >= 11 is 1.83. The van der Waals surface area contributed by atoms with Crippen molar-refractivity contribution in [3.63, 3.8) is 0 Å². The summed E-state index contributed by atoms with van der Waals surface area (Å²) in [5.74, 6) is 0. The Bertz CT molecular complexity index is 3440. The van der Waals surface area contributed by atoms with Crippen LogP contribution in [0.15, 0.2) is 241 Å². The number of thiophene rings is 1. The Morgan fingerprint density at radius 3 is 1.49 bits per heavy atom. The largest absolute Gasteiger partial charge is 0.454 e. The van der Waals surface area contributed by atoms with Crippen LogP contribution < -0.4 is 14.7 Å². The van der Waals surface area contributed by atoms with Crippen molar-refractivity contribution in [1.82, 2.24) is 0 Å². The Morgan fingerprint density at radius 2 is 0.778 bits per heavy atom. The van der Waals surface area contributed by atoms with Crippen LogP contribution in [0.1, 0.15) is 0 Å². The summed E-state index contributed by atoms with van der Waals surface area (Å²) in [7, 11) is 0. The molecular formula is C58H39N3OS. The third kappa shape index (κ3) is 6.37. The first-order valence-corrected chi connectivity index (χ1v) is 22.1. The minimum Gasteiger partial charge on any atom is -0.454 e. The lowest BCUT2D eigenvalue weighted by molar-refractivity contribution is 0.669. The predicted molar refractivity (Wildman–Crippen MR) is 268 cm³/mol. The van der Waals surface area contributed by atoms with E-state index in [-0.39, 0.29) is 0 Å². The second kappa shape index (κ2) is 15.4. The first-order chi connectivity index (χ1) is 31.3. The highest BCUT2D eigenvalue weighted by Crippen LogP contribution is 2.51. The maximum Gasteiger partial charge on any atom is 0.159 e. The lowest BCUT2D eigenvalue weighted by atomic mass is 10.0. The number of fused-ring (bicyclic) bond motifs is 7. The van der Waals surface area contributed by atoms with Crippen molar-refractivity contribution in [2.75, 3.05) is 14.7 Å². The van der Waals surface area contributed by atoms with Gasteiger partial charge in [0, 0.05) is 48.7 Å². The average Bonchev–Trinajstić information content (AvgIpc) is 3.93. The lowest BCUT2D eigenvalue weighted by Crippen LogP contribution is -2.16. The van der Waals surface area contributed by atoms with E-state index in [1.54, 1.807) is 0 Å². The Kier molecular flexibility index (Phi) is 8.98. The first-order valence-electron chi connectivity index (χ1n) is 21.3. The highest BCUT2D eigenvalue weighted by atomic mass is 32.1. The maximum absolute atomic E-state index is 6.90. The number of benzene rings is 10. The third-order valence-electron chi connectivity index (χ3n) is 12.0. The zero-order chi connectivity index (χ0) is 41.7. The molecule has 0 aliphatic heterocycles. The Labute approximate surface area is 369 Å². The van der Waals surface area contributed by atoms with Crippen LogP contribution in [0.2, 0.25) is 0 Å². The van der Waals surface area contributed by atoms with Crippen LogP contribution in [0.4, 0.5) is 51.2 Å². The molecule has 0 aliphatic rings. The Balaban J connectivity index is 1.21. The van der Waals surface area contributed by atoms with Gasteiger partial charge in [-0.05, 0) is 90.3 Å². The van der Waals surface area contributed by atoms with Crippen LogP contribution in [-0.2, 0) is 0 Å². The molecule has 0 aliphatic carbocycles. The van der Waals surface area contributed by atoms with Crippen LogP contribution in [0.25, 0.3) is 52.9 Å². The van der Waals surface area contributed by atoms with Gasteiger partial charge in [0.15, 0.2) is 5.58 Å². The monoisotopic (exact) mass is 825 g/mol. The van der Waals surface area contributed by atoms with Crippen LogP contribution >= 0.6 is 11.3 Å². The van der Waals surface area contributed by atoms with Crippen LogP contribution in [0.3, 0.4) is 0 Å². The molecular weight excluding hydrogens is 787 g/mol. The zero-order valence-corrected chi connectivity index (χ0v) is 35.0.